The van der Waals surface area contributed by atoms with E-state index in [0.29, 0.717) is 4.10 Å². The van der Waals surface area contributed by atoms with Gasteiger partial charge in [-0.05, 0) is 6.58 Å². The van der Waals surface area contributed by atoms with Gasteiger partial charge < -0.3 is 9.57 Å². The first-order chi connectivity index (χ1) is 3.66. The molecule has 3 nitrogen and oxygen atoms in total. The van der Waals surface area contributed by atoms with Gasteiger partial charge in [-0.25, -0.2) is 0 Å². The molecule has 0 aromatic heterocycles. The normalized spacial score (nSPS) is 9.00. The molecule has 0 saturated carbocycles. The number of hydrogen-bond donors (Lipinski definition) is 0. The lowest BCUT2D eigenvalue weighted by Gasteiger charge is -2.05. The van der Waals surface area contributed by atoms with Crippen molar-refractivity contribution in [2.75, 3.05) is 7.11 Å². The summed E-state index contributed by atoms with van der Waals surface area (Å²) in [6, 6.07) is 0. The van der Waals surface area contributed by atoms with E-state index in [9.17, 15) is 0 Å². The van der Waals surface area contributed by atoms with Crippen molar-refractivity contribution in [3.05, 3.63) is 12.5 Å². The summed E-state index contributed by atoms with van der Waals surface area (Å²) in [5.74, 6) is 0.0370. The highest BCUT2D eigenvalue weighted by atomic mass is 35.5. The van der Waals surface area contributed by atoms with Gasteiger partial charge in [0.2, 0.25) is 0 Å². The fourth-order valence-electron chi connectivity index (χ4n) is 0.114. The van der Waals surface area contributed by atoms with Crippen molar-refractivity contribution in [3.8, 4) is 0 Å². The number of rotatable bonds is 3. The van der Waals surface area contributed by atoms with E-state index in [1.807, 2.05) is 0 Å². The smallest absolute Gasteiger partial charge is 0.295 e. The minimum absolute atomic E-state index is 0.0370. The molecule has 0 atom stereocenters. The predicted molar refractivity (Wildman–Crippen MR) is 30.8 cm³/mol. The molecule has 0 aromatic rings. The highest BCUT2D eigenvalue weighted by Crippen LogP contribution is 2.05. The second-order valence-electron chi connectivity index (χ2n) is 0.869. The first-order valence-electron chi connectivity index (χ1n) is 1.69. The summed E-state index contributed by atoms with van der Waals surface area (Å²) in [6.07, 6.45) is 0. The van der Waals surface area contributed by atoms with E-state index >= 15 is 0 Å². The van der Waals surface area contributed by atoms with Gasteiger partial charge in [-0.3, -0.25) is 0 Å². The third kappa shape index (κ3) is 4.05. The molecule has 0 fully saturated rings. The molecule has 0 aliphatic carbocycles. The van der Waals surface area contributed by atoms with Crippen LogP contribution in [0.2, 0.25) is 0 Å². The molecular weight excluding hydrogens is 153 g/mol. The van der Waals surface area contributed by atoms with Gasteiger partial charge >= 0.3 is 0 Å². The Labute approximate surface area is 57.6 Å². The first-order valence-corrected chi connectivity index (χ1v) is 2.37. The van der Waals surface area contributed by atoms with E-state index in [1.165, 1.54) is 7.11 Å². The summed E-state index contributed by atoms with van der Waals surface area (Å²) in [6.45, 7) is 3.26. The number of halogens is 2. The summed E-state index contributed by atoms with van der Waals surface area (Å²) in [7, 11) is 1.39. The van der Waals surface area contributed by atoms with Gasteiger partial charge in [-0.1, -0.05) is 0 Å². The maximum absolute atomic E-state index is 4.99. The Morgan fingerprint density at radius 1 is 1.62 bits per heavy atom. The summed E-state index contributed by atoms with van der Waals surface area (Å²) in [5, 5.41) is 0. The van der Waals surface area contributed by atoms with Crippen molar-refractivity contribution in [2.45, 2.75) is 0 Å². The Kier molecular flexibility index (Phi) is 3.77. The van der Waals surface area contributed by atoms with Crippen LogP contribution >= 0.6 is 23.6 Å². The van der Waals surface area contributed by atoms with E-state index in [0.717, 1.165) is 0 Å². The van der Waals surface area contributed by atoms with Crippen molar-refractivity contribution in [1.82, 2.24) is 4.10 Å². The molecule has 0 amide bonds. The van der Waals surface area contributed by atoms with Gasteiger partial charge in [0.25, 0.3) is 5.95 Å². The summed E-state index contributed by atoms with van der Waals surface area (Å²) in [5.41, 5.74) is 0. The van der Waals surface area contributed by atoms with Crippen LogP contribution in [0.1, 0.15) is 0 Å². The molecule has 0 unspecified atom stereocenters. The van der Waals surface area contributed by atoms with Crippen LogP contribution in [0.5, 0.6) is 0 Å². The van der Waals surface area contributed by atoms with E-state index in [2.05, 4.69) is 16.2 Å². The van der Waals surface area contributed by atoms with Crippen molar-refractivity contribution in [3.63, 3.8) is 0 Å². The second-order valence-corrected chi connectivity index (χ2v) is 1.66. The van der Waals surface area contributed by atoms with Crippen LogP contribution in [0.25, 0.3) is 0 Å². The van der Waals surface area contributed by atoms with Crippen LogP contribution in [-0.2, 0) is 9.57 Å². The molecule has 0 heterocycles. The number of nitrogens with zero attached hydrogens (tertiary/aromatic N) is 1. The SMILES string of the molecule is C=C(OC)ON(Cl)Cl. The quantitative estimate of drug-likeness (QED) is 0.354. The van der Waals surface area contributed by atoms with Crippen molar-refractivity contribution in [1.29, 1.82) is 0 Å². The fourth-order valence-corrected chi connectivity index (χ4v) is 0.268. The van der Waals surface area contributed by atoms with E-state index in [-0.39, 0.29) is 5.95 Å². The van der Waals surface area contributed by atoms with Gasteiger partial charge in [0.05, 0.1) is 7.11 Å². The molecule has 5 heteroatoms. The maximum atomic E-state index is 4.99. The van der Waals surface area contributed by atoms with E-state index < -0.39 is 0 Å². The summed E-state index contributed by atoms with van der Waals surface area (Å²) < 4.78 is 4.88. The summed E-state index contributed by atoms with van der Waals surface area (Å²) in [4.78, 5) is 4.35. The van der Waals surface area contributed by atoms with Gasteiger partial charge in [-0.2, -0.15) is 0 Å². The lowest BCUT2D eigenvalue weighted by molar-refractivity contribution is -0.0386. The first kappa shape index (κ1) is 7.88. The van der Waals surface area contributed by atoms with Crippen LogP contribution in [0.4, 0.5) is 0 Å². The molecule has 0 aliphatic rings. The van der Waals surface area contributed by atoms with Gasteiger partial charge in [0, 0.05) is 27.7 Å². The van der Waals surface area contributed by atoms with E-state index in [1.54, 1.807) is 0 Å². The Hall–Kier alpha value is -0.120. The molecule has 48 valence electrons. The molecule has 0 aromatic carbocycles. The zero-order valence-corrected chi connectivity index (χ0v) is 5.74. The average Bonchev–Trinajstić information content (AvgIpc) is 1.65. The molecule has 0 saturated heterocycles. The van der Waals surface area contributed by atoms with Crippen LogP contribution in [-0.4, -0.2) is 11.2 Å². The fraction of sp³-hybridized carbons (Fsp3) is 0.333. The molecule has 0 N–H and O–H groups in total. The molecule has 0 aliphatic heterocycles. The van der Waals surface area contributed by atoms with Crippen LogP contribution in [0.3, 0.4) is 0 Å². The van der Waals surface area contributed by atoms with Crippen molar-refractivity contribution >= 4 is 23.6 Å². The Bertz CT molecular complexity index is 85.4. The maximum Gasteiger partial charge on any atom is 0.295 e. The van der Waals surface area contributed by atoms with Crippen LogP contribution in [0, 0.1) is 0 Å². The largest absolute Gasteiger partial charge is 0.468 e. The van der Waals surface area contributed by atoms with E-state index in [4.69, 9.17) is 23.6 Å². The van der Waals surface area contributed by atoms with Gasteiger partial charge in [-0.15, -0.1) is 0 Å². The number of hydrogen-bond acceptors (Lipinski definition) is 3. The highest BCUT2D eigenvalue weighted by molar-refractivity contribution is 6.32. The number of ether oxygens (including phenoxy) is 1. The predicted octanol–water partition coefficient (Wildman–Crippen LogP) is 1.65. The van der Waals surface area contributed by atoms with Gasteiger partial charge in [0.1, 0.15) is 0 Å². The zero-order chi connectivity index (χ0) is 6.57. The second kappa shape index (κ2) is 3.83. The monoisotopic (exact) mass is 157 g/mol. The third-order valence-corrected chi connectivity index (χ3v) is 0.537. The summed E-state index contributed by atoms with van der Waals surface area (Å²) >= 11 is 9.97. The molecule has 0 radical (unpaired) electrons. The molecule has 0 bridgehead atoms. The van der Waals surface area contributed by atoms with Crippen molar-refractivity contribution < 1.29 is 9.57 Å². The Morgan fingerprint density at radius 2 is 2.12 bits per heavy atom. The van der Waals surface area contributed by atoms with Crippen LogP contribution in [0.15, 0.2) is 12.5 Å². The highest BCUT2D eigenvalue weighted by Gasteiger charge is 1.96. The topological polar surface area (TPSA) is 21.7 Å². The minimum Gasteiger partial charge on any atom is -0.468 e. The average molecular weight is 158 g/mol. The lowest BCUT2D eigenvalue weighted by atomic mass is 11.0. The van der Waals surface area contributed by atoms with Crippen molar-refractivity contribution in [2.24, 2.45) is 0 Å². The van der Waals surface area contributed by atoms with Gasteiger partial charge in [0.15, 0.2) is 0 Å². The Morgan fingerprint density at radius 3 is 2.25 bits per heavy atom. The number of methoxy groups -OCH3 is 1. The molecular formula is C3H5Cl2NO2. The Balaban J connectivity index is 3.25. The third-order valence-electron chi connectivity index (χ3n) is 0.398. The standard InChI is InChI=1S/C3H5Cl2NO2/c1-3(7-2)8-6(4)5/h1H2,2H3. The molecule has 0 rings (SSSR count). The lowest BCUT2D eigenvalue weighted by Crippen LogP contribution is -1.99. The molecule has 0 spiro atoms. The minimum atomic E-state index is 0.0370. The van der Waals surface area contributed by atoms with Crippen LogP contribution < -0.4 is 0 Å². The zero-order valence-electron chi connectivity index (χ0n) is 4.23. The molecule has 8 heavy (non-hydrogen) atoms.